The highest BCUT2D eigenvalue weighted by atomic mass is 32.1. The standard InChI is InChI=1S/C20H25N3O5S/c1-2-26-20(25)22-10-8-21(9-11-22)18(24)16-17-19(29)23(13-15(27-16)28-17)12-14-6-4-3-5-7-14/h3-7,15-17H,2,8-13H2,1H3/t15-,16-,17-/m1/s1. The van der Waals surface area contributed by atoms with Crippen molar-refractivity contribution < 1.29 is 23.8 Å². The fraction of sp³-hybridized carbons (Fsp3) is 0.550. The summed E-state index contributed by atoms with van der Waals surface area (Å²) in [5, 5.41) is 0. The smallest absolute Gasteiger partial charge is 0.409 e. The second kappa shape index (κ2) is 8.64. The van der Waals surface area contributed by atoms with Crippen molar-refractivity contribution in [3.05, 3.63) is 35.9 Å². The maximum atomic E-state index is 13.1. The summed E-state index contributed by atoms with van der Waals surface area (Å²) in [7, 11) is 0. The Hall–Kier alpha value is -2.23. The number of carbonyl (C=O) groups is 2. The van der Waals surface area contributed by atoms with Crippen LogP contribution in [0.4, 0.5) is 4.79 Å². The number of piperazine rings is 1. The van der Waals surface area contributed by atoms with Crippen molar-refractivity contribution >= 4 is 29.2 Å². The summed E-state index contributed by atoms with van der Waals surface area (Å²) in [5.41, 5.74) is 1.15. The average Bonchev–Trinajstić information content (AvgIpc) is 3.11. The molecule has 9 heteroatoms. The van der Waals surface area contributed by atoms with E-state index in [-0.39, 0.29) is 12.0 Å². The molecule has 3 aliphatic rings. The van der Waals surface area contributed by atoms with Crippen LogP contribution in [0.3, 0.4) is 0 Å². The molecule has 0 saturated carbocycles. The molecule has 29 heavy (non-hydrogen) atoms. The quantitative estimate of drug-likeness (QED) is 0.680. The zero-order valence-corrected chi connectivity index (χ0v) is 17.2. The van der Waals surface area contributed by atoms with E-state index in [9.17, 15) is 9.59 Å². The van der Waals surface area contributed by atoms with Crippen LogP contribution in [0.2, 0.25) is 0 Å². The number of amides is 2. The van der Waals surface area contributed by atoms with Crippen molar-refractivity contribution in [1.82, 2.24) is 14.7 Å². The first-order valence-electron chi connectivity index (χ1n) is 9.91. The van der Waals surface area contributed by atoms with Gasteiger partial charge in [0.1, 0.15) is 11.1 Å². The maximum absolute atomic E-state index is 13.1. The van der Waals surface area contributed by atoms with Gasteiger partial charge in [-0.15, -0.1) is 0 Å². The fourth-order valence-corrected chi connectivity index (χ4v) is 4.18. The lowest BCUT2D eigenvalue weighted by molar-refractivity contribution is -0.145. The lowest BCUT2D eigenvalue weighted by Crippen LogP contribution is -2.55. The molecule has 0 aliphatic carbocycles. The molecule has 156 valence electrons. The second-order valence-electron chi connectivity index (χ2n) is 7.26. The molecular formula is C20H25N3O5S. The Balaban J connectivity index is 1.36. The van der Waals surface area contributed by atoms with Gasteiger partial charge in [0, 0.05) is 32.7 Å². The van der Waals surface area contributed by atoms with E-state index in [4.69, 9.17) is 26.4 Å². The number of morpholine rings is 1. The van der Waals surface area contributed by atoms with E-state index in [1.807, 2.05) is 30.3 Å². The molecule has 0 radical (unpaired) electrons. The molecule has 0 unspecified atom stereocenters. The van der Waals surface area contributed by atoms with Crippen LogP contribution in [-0.2, 0) is 25.5 Å². The summed E-state index contributed by atoms with van der Waals surface area (Å²) < 4.78 is 16.8. The third-order valence-electron chi connectivity index (χ3n) is 5.37. The summed E-state index contributed by atoms with van der Waals surface area (Å²) in [6.45, 7) is 5.05. The Morgan fingerprint density at radius 2 is 1.79 bits per heavy atom. The first kappa shape index (κ1) is 20.1. The predicted octanol–water partition coefficient (Wildman–Crippen LogP) is 1.24. The Morgan fingerprint density at radius 1 is 1.10 bits per heavy atom. The molecular weight excluding hydrogens is 394 g/mol. The number of hydrogen-bond donors (Lipinski definition) is 0. The number of fused-ring (bicyclic) bond motifs is 2. The van der Waals surface area contributed by atoms with Crippen molar-refractivity contribution in [2.24, 2.45) is 0 Å². The van der Waals surface area contributed by atoms with Gasteiger partial charge in [0.25, 0.3) is 5.91 Å². The number of thiocarbonyl (C=S) groups is 1. The van der Waals surface area contributed by atoms with E-state index in [1.165, 1.54) is 0 Å². The van der Waals surface area contributed by atoms with Crippen molar-refractivity contribution in [3.8, 4) is 0 Å². The van der Waals surface area contributed by atoms with Gasteiger partial charge < -0.3 is 28.9 Å². The van der Waals surface area contributed by atoms with Gasteiger partial charge in [-0.25, -0.2) is 4.79 Å². The monoisotopic (exact) mass is 419 g/mol. The number of carbonyl (C=O) groups excluding carboxylic acids is 2. The van der Waals surface area contributed by atoms with Gasteiger partial charge >= 0.3 is 6.09 Å². The third kappa shape index (κ3) is 4.22. The van der Waals surface area contributed by atoms with Crippen LogP contribution in [0.1, 0.15) is 12.5 Å². The van der Waals surface area contributed by atoms with Crippen LogP contribution in [0.25, 0.3) is 0 Å². The molecule has 1 aromatic rings. The van der Waals surface area contributed by atoms with E-state index < -0.39 is 18.5 Å². The SMILES string of the molecule is CCOC(=O)N1CCN(C(=O)[C@@H]2O[C@H]3CN(Cc4ccccc4)C(=S)[C@@H]2O3)CC1. The van der Waals surface area contributed by atoms with E-state index in [2.05, 4.69) is 4.90 Å². The lowest BCUT2D eigenvalue weighted by atomic mass is 10.1. The van der Waals surface area contributed by atoms with Gasteiger partial charge in [0.15, 0.2) is 12.4 Å². The number of nitrogens with zero attached hydrogens (tertiary/aromatic N) is 3. The minimum Gasteiger partial charge on any atom is -0.450 e. The van der Waals surface area contributed by atoms with Crippen LogP contribution in [0.5, 0.6) is 0 Å². The Bertz CT molecular complexity index is 769. The lowest BCUT2D eigenvalue weighted by Gasteiger charge is -2.36. The van der Waals surface area contributed by atoms with Gasteiger partial charge in [0.2, 0.25) is 0 Å². The average molecular weight is 420 g/mol. The molecule has 3 aliphatic heterocycles. The molecule has 2 amide bonds. The molecule has 0 N–H and O–H groups in total. The van der Waals surface area contributed by atoms with Crippen molar-refractivity contribution in [3.63, 3.8) is 0 Å². The first-order chi connectivity index (χ1) is 14.1. The highest BCUT2D eigenvalue weighted by molar-refractivity contribution is 7.80. The first-order valence-corrected chi connectivity index (χ1v) is 10.3. The topological polar surface area (TPSA) is 71.5 Å². The molecule has 8 nitrogen and oxygen atoms in total. The van der Waals surface area contributed by atoms with Crippen LogP contribution >= 0.6 is 12.2 Å². The number of ether oxygens (including phenoxy) is 3. The number of benzene rings is 1. The summed E-state index contributed by atoms with van der Waals surface area (Å²) in [5.74, 6) is -0.134. The van der Waals surface area contributed by atoms with Crippen LogP contribution in [0.15, 0.2) is 30.3 Å². The summed E-state index contributed by atoms with van der Waals surface area (Å²) in [6, 6.07) is 10.1. The van der Waals surface area contributed by atoms with Crippen LogP contribution in [-0.4, -0.2) is 89.5 Å². The van der Waals surface area contributed by atoms with Gasteiger partial charge in [-0.2, -0.15) is 0 Å². The molecule has 3 saturated heterocycles. The minimum absolute atomic E-state index is 0.134. The molecule has 0 aromatic heterocycles. The molecule has 1 aromatic carbocycles. The molecule has 0 spiro atoms. The third-order valence-corrected chi connectivity index (χ3v) is 5.86. The van der Waals surface area contributed by atoms with Gasteiger partial charge in [-0.05, 0) is 12.5 Å². The Kier molecular flexibility index (Phi) is 5.98. The molecule has 3 fully saturated rings. The predicted molar refractivity (Wildman–Crippen MR) is 108 cm³/mol. The van der Waals surface area contributed by atoms with E-state index >= 15 is 0 Å². The largest absolute Gasteiger partial charge is 0.450 e. The second-order valence-corrected chi connectivity index (χ2v) is 7.68. The van der Waals surface area contributed by atoms with E-state index in [0.717, 1.165) is 5.56 Å². The minimum atomic E-state index is -0.734. The molecule has 3 atom stereocenters. The van der Waals surface area contributed by atoms with Crippen molar-refractivity contribution in [1.29, 1.82) is 0 Å². The molecule has 3 heterocycles. The molecule has 4 rings (SSSR count). The Morgan fingerprint density at radius 3 is 2.48 bits per heavy atom. The molecule has 2 bridgehead atoms. The zero-order chi connectivity index (χ0) is 20.4. The maximum Gasteiger partial charge on any atom is 0.409 e. The zero-order valence-electron chi connectivity index (χ0n) is 16.4. The van der Waals surface area contributed by atoms with Crippen LogP contribution < -0.4 is 0 Å². The summed E-state index contributed by atoms with van der Waals surface area (Å²) in [6.07, 6.45) is -2.09. The summed E-state index contributed by atoms with van der Waals surface area (Å²) in [4.78, 5) is 30.9. The van der Waals surface area contributed by atoms with Gasteiger partial charge in [-0.3, -0.25) is 4.79 Å². The van der Waals surface area contributed by atoms with Gasteiger partial charge in [-0.1, -0.05) is 42.5 Å². The highest BCUT2D eigenvalue weighted by Crippen LogP contribution is 2.30. The Labute approximate surface area is 175 Å². The number of hydrogen-bond acceptors (Lipinski definition) is 6. The normalized spacial score (nSPS) is 26.6. The van der Waals surface area contributed by atoms with Gasteiger partial charge in [0.05, 0.1) is 13.2 Å². The van der Waals surface area contributed by atoms with E-state index in [1.54, 1.807) is 16.7 Å². The summed E-state index contributed by atoms with van der Waals surface area (Å²) >= 11 is 5.63. The highest BCUT2D eigenvalue weighted by Gasteiger charge is 2.50. The van der Waals surface area contributed by atoms with E-state index in [0.29, 0.717) is 50.9 Å². The number of rotatable bonds is 4. The fourth-order valence-electron chi connectivity index (χ4n) is 3.86. The van der Waals surface area contributed by atoms with Crippen molar-refractivity contribution in [2.45, 2.75) is 32.0 Å². The van der Waals surface area contributed by atoms with Crippen molar-refractivity contribution in [2.75, 3.05) is 39.3 Å². The van der Waals surface area contributed by atoms with Crippen LogP contribution in [0, 0.1) is 0 Å².